The van der Waals surface area contributed by atoms with Crippen molar-refractivity contribution in [2.75, 3.05) is 19.8 Å². The largest absolute Gasteiger partial charge is 0.480 e. The van der Waals surface area contributed by atoms with Crippen LogP contribution in [0.25, 0.3) is 0 Å². The fraction of sp³-hybridized carbons (Fsp3) is 0.786. The van der Waals surface area contributed by atoms with Gasteiger partial charge in [0, 0.05) is 12.8 Å². The standard InChI is InChI=1S/C42H76NO10P/c1-3-5-7-9-11-13-15-17-19-21-23-25-27-29-31-33-40(44)50-35-38(36-51-54(48,49)52-37-39(43)42(46)47)53-41(45)34-32-30-28-26-24-22-20-18-16-14-12-10-8-6-4-2/h18,20-21,23-24,26,38-39H,3-17,19,22,25,27-37,43H2,1-2H3,(H,46,47)(H,48,49)/b20-18+,23-21+,26-24+/t38-,39+/m1/s1. The number of phosphoric acid groups is 1. The van der Waals surface area contributed by atoms with Crippen LogP contribution in [0.2, 0.25) is 0 Å². The van der Waals surface area contributed by atoms with Gasteiger partial charge < -0.3 is 25.2 Å². The number of carboxylic acids is 1. The zero-order valence-corrected chi connectivity index (χ0v) is 34.7. The molecule has 0 saturated heterocycles. The number of phosphoric ester groups is 1. The summed E-state index contributed by atoms with van der Waals surface area (Å²) in [5.41, 5.74) is 5.32. The third kappa shape index (κ3) is 36.7. The molecular formula is C42H76NO10P. The zero-order chi connectivity index (χ0) is 40.0. The van der Waals surface area contributed by atoms with Crippen LogP contribution in [0, 0.1) is 0 Å². The normalized spacial score (nSPS) is 14.1. The lowest BCUT2D eigenvalue weighted by Crippen LogP contribution is -2.34. The molecule has 0 aliphatic heterocycles. The molecule has 0 saturated carbocycles. The van der Waals surface area contributed by atoms with Crippen LogP contribution in [0.1, 0.15) is 181 Å². The lowest BCUT2D eigenvalue weighted by atomic mass is 10.1. The highest BCUT2D eigenvalue weighted by molar-refractivity contribution is 7.47. The highest BCUT2D eigenvalue weighted by Crippen LogP contribution is 2.43. The minimum absolute atomic E-state index is 0.116. The van der Waals surface area contributed by atoms with Crippen molar-refractivity contribution in [3.8, 4) is 0 Å². The van der Waals surface area contributed by atoms with E-state index >= 15 is 0 Å². The zero-order valence-electron chi connectivity index (χ0n) is 33.8. The molecule has 0 aromatic heterocycles. The minimum atomic E-state index is -4.72. The van der Waals surface area contributed by atoms with Gasteiger partial charge in [-0.05, 0) is 70.6 Å². The highest BCUT2D eigenvalue weighted by atomic mass is 31.2. The van der Waals surface area contributed by atoms with Gasteiger partial charge in [0.25, 0.3) is 0 Å². The number of allylic oxidation sites excluding steroid dienone is 6. The van der Waals surface area contributed by atoms with Crippen molar-refractivity contribution >= 4 is 25.7 Å². The Morgan fingerprint density at radius 3 is 1.50 bits per heavy atom. The molecule has 0 aromatic rings. The van der Waals surface area contributed by atoms with E-state index in [-0.39, 0.29) is 19.4 Å². The van der Waals surface area contributed by atoms with E-state index in [4.69, 9.17) is 24.8 Å². The maximum absolute atomic E-state index is 12.6. The summed E-state index contributed by atoms with van der Waals surface area (Å²) >= 11 is 0. The molecule has 0 spiro atoms. The molecule has 0 amide bonds. The number of rotatable bonds is 39. The van der Waals surface area contributed by atoms with E-state index < -0.39 is 51.1 Å². The molecule has 12 heteroatoms. The molecule has 3 atom stereocenters. The Balaban J connectivity index is 4.47. The van der Waals surface area contributed by atoms with Crippen LogP contribution in [0.5, 0.6) is 0 Å². The monoisotopic (exact) mass is 786 g/mol. The van der Waals surface area contributed by atoms with Crippen molar-refractivity contribution in [1.82, 2.24) is 0 Å². The summed E-state index contributed by atoms with van der Waals surface area (Å²) in [4.78, 5) is 45.8. The van der Waals surface area contributed by atoms with Gasteiger partial charge in [0.15, 0.2) is 6.10 Å². The van der Waals surface area contributed by atoms with Crippen LogP contribution in [0.4, 0.5) is 0 Å². The van der Waals surface area contributed by atoms with Crippen molar-refractivity contribution < 1.29 is 47.5 Å². The topological polar surface area (TPSA) is 172 Å². The van der Waals surface area contributed by atoms with Gasteiger partial charge in [-0.1, -0.05) is 134 Å². The molecule has 0 aromatic carbocycles. The summed E-state index contributed by atoms with van der Waals surface area (Å²) in [6.07, 6.45) is 39.3. The summed E-state index contributed by atoms with van der Waals surface area (Å²) < 4.78 is 32.6. The first-order valence-electron chi connectivity index (χ1n) is 21.0. The summed E-state index contributed by atoms with van der Waals surface area (Å²) in [5, 5.41) is 8.87. The van der Waals surface area contributed by atoms with Crippen molar-refractivity contribution in [3.05, 3.63) is 36.5 Å². The summed E-state index contributed by atoms with van der Waals surface area (Å²) in [6.45, 7) is 2.74. The Kier molecular flexibility index (Phi) is 36.0. The average molecular weight is 786 g/mol. The number of hydrogen-bond acceptors (Lipinski definition) is 9. The number of aliphatic carboxylic acids is 1. The number of carbonyl (C=O) groups excluding carboxylic acids is 2. The fourth-order valence-corrected chi connectivity index (χ4v) is 6.28. The number of esters is 2. The van der Waals surface area contributed by atoms with Crippen molar-refractivity contribution in [2.24, 2.45) is 5.73 Å². The third-order valence-corrected chi connectivity index (χ3v) is 9.81. The van der Waals surface area contributed by atoms with E-state index in [0.29, 0.717) is 12.8 Å². The van der Waals surface area contributed by atoms with Crippen LogP contribution < -0.4 is 5.73 Å². The predicted octanol–water partition coefficient (Wildman–Crippen LogP) is 10.8. The second-order valence-electron chi connectivity index (χ2n) is 14.1. The maximum atomic E-state index is 12.6. The molecule has 0 fully saturated rings. The molecule has 0 aliphatic rings. The molecule has 4 N–H and O–H groups in total. The Labute approximate surface area is 327 Å². The number of carboxylic acid groups (broad SMARTS) is 1. The SMILES string of the molecule is CCCCCCCC/C=C/C/C=C/CCCCC(=O)O[C@H](COC(=O)CCCCC/C=C/CCCCCCCCCC)COP(=O)(O)OC[C@H](N)C(=O)O. The van der Waals surface area contributed by atoms with E-state index in [0.717, 1.165) is 51.4 Å². The Morgan fingerprint density at radius 1 is 0.574 bits per heavy atom. The van der Waals surface area contributed by atoms with E-state index in [1.54, 1.807) is 0 Å². The highest BCUT2D eigenvalue weighted by Gasteiger charge is 2.28. The van der Waals surface area contributed by atoms with Crippen molar-refractivity contribution in [1.29, 1.82) is 0 Å². The number of unbranched alkanes of at least 4 members (excludes halogenated alkanes) is 19. The van der Waals surface area contributed by atoms with E-state index in [1.165, 1.54) is 89.9 Å². The second kappa shape index (κ2) is 37.6. The van der Waals surface area contributed by atoms with Gasteiger partial charge in [0.2, 0.25) is 0 Å². The molecule has 314 valence electrons. The number of ether oxygens (including phenoxy) is 2. The van der Waals surface area contributed by atoms with Gasteiger partial charge >= 0.3 is 25.7 Å². The first-order chi connectivity index (χ1) is 26.1. The third-order valence-electron chi connectivity index (χ3n) is 8.86. The summed E-state index contributed by atoms with van der Waals surface area (Å²) in [6, 6.07) is -1.53. The van der Waals surface area contributed by atoms with Gasteiger partial charge in [-0.15, -0.1) is 0 Å². The van der Waals surface area contributed by atoms with Gasteiger partial charge in [0.05, 0.1) is 13.2 Å². The molecule has 0 rings (SSSR count). The molecule has 0 aliphatic carbocycles. The smallest absolute Gasteiger partial charge is 0.472 e. The molecule has 0 heterocycles. The van der Waals surface area contributed by atoms with Gasteiger partial charge in [-0.25, -0.2) is 4.57 Å². The van der Waals surface area contributed by atoms with Crippen LogP contribution in [0.15, 0.2) is 36.5 Å². The van der Waals surface area contributed by atoms with Gasteiger partial charge in [0.1, 0.15) is 12.6 Å². The Bertz CT molecular complexity index is 1060. The van der Waals surface area contributed by atoms with Crippen LogP contribution in [-0.4, -0.2) is 59.9 Å². The maximum Gasteiger partial charge on any atom is 0.472 e. The lowest BCUT2D eigenvalue weighted by molar-refractivity contribution is -0.161. The first kappa shape index (κ1) is 51.7. The lowest BCUT2D eigenvalue weighted by Gasteiger charge is -2.20. The van der Waals surface area contributed by atoms with E-state index in [1.807, 2.05) is 0 Å². The Morgan fingerprint density at radius 2 is 0.981 bits per heavy atom. The molecule has 54 heavy (non-hydrogen) atoms. The quantitative estimate of drug-likeness (QED) is 0.0234. The average Bonchev–Trinajstić information content (AvgIpc) is 3.14. The first-order valence-corrected chi connectivity index (χ1v) is 22.5. The minimum Gasteiger partial charge on any atom is -0.480 e. The molecule has 0 radical (unpaired) electrons. The van der Waals surface area contributed by atoms with Crippen LogP contribution >= 0.6 is 7.82 Å². The summed E-state index contributed by atoms with van der Waals surface area (Å²) in [7, 11) is -4.72. The van der Waals surface area contributed by atoms with Crippen molar-refractivity contribution in [3.63, 3.8) is 0 Å². The second-order valence-corrected chi connectivity index (χ2v) is 15.6. The Hall–Kier alpha value is -2.30. The number of hydrogen-bond donors (Lipinski definition) is 3. The van der Waals surface area contributed by atoms with Crippen LogP contribution in [-0.2, 0) is 37.5 Å². The molecule has 11 nitrogen and oxygen atoms in total. The molecule has 0 bridgehead atoms. The number of carbonyl (C=O) groups is 3. The van der Waals surface area contributed by atoms with Gasteiger partial charge in [-0.3, -0.25) is 23.4 Å². The number of nitrogens with two attached hydrogens (primary N) is 1. The fourth-order valence-electron chi connectivity index (χ4n) is 5.50. The molecule has 1 unspecified atom stereocenters. The summed E-state index contributed by atoms with van der Waals surface area (Å²) in [5.74, 6) is -2.44. The van der Waals surface area contributed by atoms with E-state index in [2.05, 4.69) is 54.8 Å². The van der Waals surface area contributed by atoms with Crippen LogP contribution in [0.3, 0.4) is 0 Å². The molecular weight excluding hydrogens is 709 g/mol. The predicted molar refractivity (Wildman–Crippen MR) is 217 cm³/mol. The van der Waals surface area contributed by atoms with Crippen molar-refractivity contribution in [2.45, 2.75) is 193 Å². The van der Waals surface area contributed by atoms with Gasteiger partial charge in [-0.2, -0.15) is 0 Å². The van der Waals surface area contributed by atoms with E-state index in [9.17, 15) is 23.8 Å².